The lowest BCUT2D eigenvalue weighted by atomic mass is 10.0. The lowest BCUT2D eigenvalue weighted by Crippen LogP contribution is -2.15. The first-order valence-corrected chi connectivity index (χ1v) is 7.91. The number of ether oxygens (including phenoxy) is 2. The lowest BCUT2D eigenvalue weighted by molar-refractivity contribution is 0.171. The molecule has 110 valence electrons. The van der Waals surface area contributed by atoms with Crippen molar-refractivity contribution in [2.75, 3.05) is 13.2 Å². The second kappa shape index (κ2) is 6.03. The maximum absolute atomic E-state index is 14.0. The van der Waals surface area contributed by atoms with E-state index in [1.54, 1.807) is 18.2 Å². The van der Waals surface area contributed by atoms with E-state index in [1.807, 2.05) is 0 Å². The molecule has 0 saturated heterocycles. The Morgan fingerprint density at radius 1 is 1.00 bits per heavy atom. The van der Waals surface area contributed by atoms with E-state index >= 15 is 0 Å². The molecule has 0 aliphatic carbocycles. The molecule has 0 saturated carbocycles. The van der Waals surface area contributed by atoms with Crippen LogP contribution in [0, 0.1) is 5.82 Å². The fraction of sp³-hybridized carbons (Fsp3) is 0.200. The quantitative estimate of drug-likeness (QED) is 0.639. The van der Waals surface area contributed by atoms with E-state index in [1.165, 1.54) is 12.1 Å². The highest BCUT2D eigenvalue weighted by molar-refractivity contribution is 9.09. The molecule has 3 rings (SSSR count). The van der Waals surface area contributed by atoms with Gasteiger partial charge < -0.3 is 9.47 Å². The molecule has 0 fully saturated rings. The molecule has 21 heavy (non-hydrogen) atoms. The average molecular weight is 392 g/mol. The molecule has 1 unspecified atom stereocenters. The van der Waals surface area contributed by atoms with Crippen LogP contribution in [-0.4, -0.2) is 13.2 Å². The van der Waals surface area contributed by atoms with Gasteiger partial charge in [0.15, 0.2) is 11.5 Å². The third kappa shape index (κ3) is 2.98. The van der Waals surface area contributed by atoms with Gasteiger partial charge in [-0.15, -0.1) is 0 Å². The Balaban J connectivity index is 2.05. The summed E-state index contributed by atoms with van der Waals surface area (Å²) >= 11 is 15.7. The van der Waals surface area contributed by atoms with Crippen molar-refractivity contribution in [3.8, 4) is 11.5 Å². The first kappa shape index (κ1) is 14.9. The van der Waals surface area contributed by atoms with Gasteiger partial charge in [0.1, 0.15) is 19.0 Å². The van der Waals surface area contributed by atoms with Gasteiger partial charge in [-0.2, -0.15) is 0 Å². The first-order chi connectivity index (χ1) is 10.1. The van der Waals surface area contributed by atoms with Crippen LogP contribution in [0.2, 0.25) is 10.0 Å². The summed E-state index contributed by atoms with van der Waals surface area (Å²) in [7, 11) is 0. The fourth-order valence-electron chi connectivity index (χ4n) is 2.15. The van der Waals surface area contributed by atoms with Crippen molar-refractivity contribution in [1.82, 2.24) is 0 Å². The Kier molecular flexibility index (Phi) is 4.29. The molecule has 6 heteroatoms. The minimum atomic E-state index is -0.431. The van der Waals surface area contributed by atoms with Gasteiger partial charge in [-0.1, -0.05) is 39.1 Å². The Bertz CT molecular complexity index is 694. The Morgan fingerprint density at radius 3 is 2.38 bits per heavy atom. The number of hydrogen-bond acceptors (Lipinski definition) is 2. The van der Waals surface area contributed by atoms with Gasteiger partial charge in [0.25, 0.3) is 0 Å². The molecule has 0 spiro atoms. The Morgan fingerprint density at radius 2 is 1.67 bits per heavy atom. The highest BCUT2D eigenvalue weighted by Gasteiger charge is 2.22. The Hall–Kier alpha value is -0.970. The van der Waals surface area contributed by atoms with E-state index < -0.39 is 4.83 Å². The first-order valence-electron chi connectivity index (χ1n) is 6.24. The monoisotopic (exact) mass is 390 g/mol. The van der Waals surface area contributed by atoms with Gasteiger partial charge in [0.2, 0.25) is 0 Å². The molecule has 1 heterocycles. The van der Waals surface area contributed by atoms with E-state index in [2.05, 4.69) is 15.9 Å². The number of rotatable bonds is 2. The van der Waals surface area contributed by atoms with E-state index in [-0.39, 0.29) is 5.82 Å². The molecule has 0 amide bonds. The van der Waals surface area contributed by atoms with Gasteiger partial charge in [0.05, 0.1) is 4.83 Å². The molecule has 1 aliphatic rings. The zero-order valence-electron chi connectivity index (χ0n) is 10.7. The van der Waals surface area contributed by atoms with E-state index in [0.717, 1.165) is 0 Å². The lowest BCUT2D eigenvalue weighted by Gasteiger charge is -2.21. The number of halogens is 4. The Labute approximate surface area is 139 Å². The van der Waals surface area contributed by atoms with Crippen LogP contribution in [0.25, 0.3) is 0 Å². The number of fused-ring (bicyclic) bond motifs is 1. The molecule has 1 aliphatic heterocycles. The van der Waals surface area contributed by atoms with Crippen LogP contribution in [0.1, 0.15) is 16.0 Å². The van der Waals surface area contributed by atoms with Crippen LogP contribution in [0.15, 0.2) is 30.3 Å². The van der Waals surface area contributed by atoms with Gasteiger partial charge in [-0.25, -0.2) is 4.39 Å². The molecule has 2 aromatic rings. The van der Waals surface area contributed by atoms with Crippen molar-refractivity contribution >= 4 is 39.1 Å². The predicted molar refractivity (Wildman–Crippen MR) is 84.6 cm³/mol. The van der Waals surface area contributed by atoms with E-state index in [4.69, 9.17) is 32.7 Å². The standard InChI is InChI=1S/C15H10BrCl2FO2/c16-15(10-5-8(17)1-2-12(10)19)9-6-13-14(7-11(9)18)21-4-3-20-13/h1-2,5-7,15H,3-4H2. The number of alkyl halides is 1. The topological polar surface area (TPSA) is 18.5 Å². The molecule has 0 radical (unpaired) electrons. The third-order valence-electron chi connectivity index (χ3n) is 3.17. The van der Waals surface area contributed by atoms with Crippen LogP contribution in [-0.2, 0) is 0 Å². The van der Waals surface area contributed by atoms with Gasteiger partial charge >= 0.3 is 0 Å². The van der Waals surface area contributed by atoms with Crippen molar-refractivity contribution in [1.29, 1.82) is 0 Å². The van der Waals surface area contributed by atoms with Gasteiger partial charge in [-0.05, 0) is 29.8 Å². The second-order valence-corrected chi connectivity index (χ2v) is 6.31. The van der Waals surface area contributed by atoms with Crippen molar-refractivity contribution in [2.45, 2.75) is 4.83 Å². The molecular formula is C15H10BrCl2FO2. The summed E-state index contributed by atoms with van der Waals surface area (Å²) in [6.45, 7) is 0.968. The van der Waals surface area contributed by atoms with Crippen LogP contribution in [0.4, 0.5) is 4.39 Å². The number of hydrogen-bond donors (Lipinski definition) is 0. The van der Waals surface area contributed by atoms with Gasteiger partial charge in [0, 0.05) is 21.7 Å². The van der Waals surface area contributed by atoms with Crippen molar-refractivity contribution in [3.63, 3.8) is 0 Å². The summed E-state index contributed by atoms with van der Waals surface area (Å²) in [5.41, 5.74) is 1.11. The van der Waals surface area contributed by atoms with Crippen molar-refractivity contribution < 1.29 is 13.9 Å². The highest BCUT2D eigenvalue weighted by atomic mass is 79.9. The van der Waals surface area contributed by atoms with Crippen molar-refractivity contribution in [3.05, 3.63) is 57.3 Å². The molecule has 1 atom stereocenters. The van der Waals surface area contributed by atoms with Crippen molar-refractivity contribution in [2.24, 2.45) is 0 Å². The minimum absolute atomic E-state index is 0.354. The molecule has 2 nitrogen and oxygen atoms in total. The third-order valence-corrected chi connectivity index (χ3v) is 4.71. The largest absolute Gasteiger partial charge is 0.486 e. The van der Waals surface area contributed by atoms with E-state index in [9.17, 15) is 4.39 Å². The summed E-state index contributed by atoms with van der Waals surface area (Å²) in [6.07, 6.45) is 0. The maximum Gasteiger partial charge on any atom is 0.162 e. The molecule has 2 aromatic carbocycles. The van der Waals surface area contributed by atoms with E-state index in [0.29, 0.717) is 45.9 Å². The number of benzene rings is 2. The average Bonchev–Trinajstić information content (AvgIpc) is 2.48. The van der Waals surface area contributed by atoms with Crippen LogP contribution < -0.4 is 9.47 Å². The second-order valence-electron chi connectivity index (χ2n) is 4.55. The highest BCUT2D eigenvalue weighted by Crippen LogP contribution is 2.43. The predicted octanol–water partition coefficient (Wildman–Crippen LogP) is 5.39. The normalized spacial score (nSPS) is 14.9. The zero-order valence-corrected chi connectivity index (χ0v) is 13.8. The minimum Gasteiger partial charge on any atom is -0.486 e. The summed E-state index contributed by atoms with van der Waals surface area (Å²) < 4.78 is 25.0. The maximum atomic E-state index is 14.0. The smallest absolute Gasteiger partial charge is 0.162 e. The van der Waals surface area contributed by atoms with Gasteiger partial charge in [-0.3, -0.25) is 0 Å². The summed E-state index contributed by atoms with van der Waals surface area (Å²) in [5.74, 6) is 0.848. The summed E-state index contributed by atoms with van der Waals surface area (Å²) in [5, 5.41) is 0.935. The van der Waals surface area contributed by atoms with Crippen LogP contribution in [0.5, 0.6) is 11.5 Å². The molecule has 0 N–H and O–H groups in total. The summed E-state index contributed by atoms with van der Waals surface area (Å²) in [4.78, 5) is -0.431. The SMILES string of the molecule is Fc1ccc(Cl)cc1C(Br)c1cc2c(cc1Cl)OCCO2. The zero-order chi connectivity index (χ0) is 15.0. The molecular weight excluding hydrogens is 382 g/mol. The molecule has 0 aromatic heterocycles. The molecule has 0 bridgehead atoms. The van der Waals surface area contributed by atoms with Crippen LogP contribution >= 0.6 is 39.1 Å². The fourth-order valence-corrected chi connectivity index (χ4v) is 3.46. The summed E-state index contributed by atoms with van der Waals surface area (Å²) in [6, 6.07) is 7.85. The van der Waals surface area contributed by atoms with Crippen LogP contribution in [0.3, 0.4) is 0 Å².